The van der Waals surface area contributed by atoms with E-state index < -0.39 is 0 Å². The zero-order valence-electron chi connectivity index (χ0n) is 11.8. The van der Waals surface area contributed by atoms with E-state index in [2.05, 4.69) is 42.8 Å². The van der Waals surface area contributed by atoms with Crippen molar-refractivity contribution in [1.82, 2.24) is 15.1 Å². The molecule has 0 aliphatic heterocycles. The Balaban J connectivity index is 2.08. The lowest BCUT2D eigenvalue weighted by atomic mass is 9.85. The summed E-state index contributed by atoms with van der Waals surface area (Å²) in [7, 11) is 0. The molecule has 0 spiro atoms. The number of aromatic nitrogens is 2. The summed E-state index contributed by atoms with van der Waals surface area (Å²) in [5.74, 6) is 0. The van der Waals surface area contributed by atoms with Crippen LogP contribution in [0.4, 0.5) is 0 Å². The number of rotatable bonds is 6. The Morgan fingerprint density at radius 2 is 2.17 bits per heavy atom. The maximum Gasteiger partial charge on any atom is 0.0823 e. The summed E-state index contributed by atoms with van der Waals surface area (Å²) >= 11 is 6.32. The molecule has 0 atom stereocenters. The van der Waals surface area contributed by atoms with E-state index in [1.54, 1.807) is 6.20 Å². The summed E-state index contributed by atoms with van der Waals surface area (Å²) in [6.07, 6.45) is 5.53. The molecule has 0 unspecified atom stereocenters. The van der Waals surface area contributed by atoms with Gasteiger partial charge in [-0.25, -0.2) is 0 Å². The Morgan fingerprint density at radius 3 is 2.72 bits per heavy atom. The van der Waals surface area contributed by atoms with Crippen LogP contribution in [0.15, 0.2) is 6.20 Å². The van der Waals surface area contributed by atoms with Gasteiger partial charge in [-0.3, -0.25) is 4.68 Å². The molecule has 4 heteroatoms. The molecule has 1 N–H and O–H groups in total. The summed E-state index contributed by atoms with van der Waals surface area (Å²) in [5.41, 5.74) is 1.22. The van der Waals surface area contributed by atoms with Gasteiger partial charge in [-0.1, -0.05) is 25.4 Å². The van der Waals surface area contributed by atoms with Gasteiger partial charge in [0.05, 0.1) is 16.9 Å². The zero-order chi connectivity index (χ0) is 13.3. The molecule has 1 aromatic heterocycles. The predicted molar refractivity (Wildman–Crippen MR) is 76.3 cm³/mol. The van der Waals surface area contributed by atoms with Gasteiger partial charge in [-0.2, -0.15) is 5.10 Å². The number of halogens is 1. The van der Waals surface area contributed by atoms with Crippen LogP contribution in [0.2, 0.25) is 5.02 Å². The average molecular weight is 270 g/mol. The fourth-order valence-electron chi connectivity index (χ4n) is 2.36. The minimum Gasteiger partial charge on any atom is -0.314 e. The standard InChI is InChI=1S/C14H24ClN3/c1-10(2)18-13(12(15)9-17-18)14(3,4)7-8-16-11-5-6-11/h9-11,16H,5-8H2,1-4H3. The second-order valence-corrected chi connectivity index (χ2v) is 6.65. The first kappa shape index (κ1) is 13.9. The lowest BCUT2D eigenvalue weighted by Gasteiger charge is -2.28. The number of nitrogens with one attached hydrogen (secondary N) is 1. The highest BCUT2D eigenvalue weighted by Crippen LogP contribution is 2.34. The highest BCUT2D eigenvalue weighted by molar-refractivity contribution is 6.31. The van der Waals surface area contributed by atoms with Crippen LogP contribution in [0.5, 0.6) is 0 Å². The summed E-state index contributed by atoms with van der Waals surface area (Å²) < 4.78 is 2.06. The van der Waals surface area contributed by atoms with E-state index >= 15 is 0 Å². The van der Waals surface area contributed by atoms with Crippen LogP contribution >= 0.6 is 11.6 Å². The Hall–Kier alpha value is -0.540. The van der Waals surface area contributed by atoms with E-state index in [0.29, 0.717) is 6.04 Å². The molecule has 1 heterocycles. The molecule has 0 radical (unpaired) electrons. The van der Waals surface area contributed by atoms with E-state index in [-0.39, 0.29) is 5.41 Å². The Morgan fingerprint density at radius 1 is 1.50 bits per heavy atom. The molecule has 1 aliphatic carbocycles. The number of hydrogen-bond donors (Lipinski definition) is 1. The van der Waals surface area contributed by atoms with Crippen molar-refractivity contribution in [2.24, 2.45) is 0 Å². The first-order chi connectivity index (χ1) is 8.42. The molecule has 1 aromatic rings. The van der Waals surface area contributed by atoms with E-state index in [4.69, 9.17) is 11.6 Å². The van der Waals surface area contributed by atoms with E-state index in [9.17, 15) is 0 Å². The lowest BCUT2D eigenvalue weighted by Crippen LogP contribution is -2.29. The van der Waals surface area contributed by atoms with Crippen molar-refractivity contribution in [1.29, 1.82) is 0 Å². The van der Waals surface area contributed by atoms with Gasteiger partial charge in [0.2, 0.25) is 0 Å². The first-order valence-electron chi connectivity index (χ1n) is 6.88. The first-order valence-corrected chi connectivity index (χ1v) is 7.26. The zero-order valence-corrected chi connectivity index (χ0v) is 12.6. The topological polar surface area (TPSA) is 29.9 Å². The summed E-state index contributed by atoms with van der Waals surface area (Å²) in [6.45, 7) is 9.85. The third kappa shape index (κ3) is 3.07. The Bertz CT molecular complexity index is 405. The van der Waals surface area contributed by atoms with Crippen LogP contribution in [0.25, 0.3) is 0 Å². The Labute approximate surface area is 115 Å². The van der Waals surface area contributed by atoms with Crippen molar-refractivity contribution in [3.05, 3.63) is 16.9 Å². The van der Waals surface area contributed by atoms with Gasteiger partial charge >= 0.3 is 0 Å². The minimum absolute atomic E-state index is 0.0553. The molecule has 3 nitrogen and oxygen atoms in total. The molecule has 2 rings (SSSR count). The average Bonchev–Trinajstić information content (AvgIpc) is 2.98. The fourth-order valence-corrected chi connectivity index (χ4v) is 2.75. The second kappa shape index (κ2) is 5.22. The molecular formula is C14H24ClN3. The fraction of sp³-hybridized carbons (Fsp3) is 0.786. The third-order valence-electron chi connectivity index (χ3n) is 3.64. The van der Waals surface area contributed by atoms with Crippen molar-refractivity contribution in [3.8, 4) is 0 Å². The highest BCUT2D eigenvalue weighted by Gasteiger charge is 2.29. The van der Waals surface area contributed by atoms with Gasteiger partial charge in [-0.05, 0) is 39.7 Å². The van der Waals surface area contributed by atoms with Crippen LogP contribution in [-0.2, 0) is 5.41 Å². The van der Waals surface area contributed by atoms with E-state index in [1.165, 1.54) is 12.8 Å². The molecular weight excluding hydrogens is 246 g/mol. The molecule has 0 saturated heterocycles. The van der Waals surface area contributed by atoms with Crippen LogP contribution in [-0.4, -0.2) is 22.4 Å². The van der Waals surface area contributed by atoms with Gasteiger partial charge in [0, 0.05) is 17.5 Å². The van der Waals surface area contributed by atoms with Crippen LogP contribution in [0, 0.1) is 0 Å². The molecule has 102 valence electrons. The van der Waals surface area contributed by atoms with Crippen molar-refractivity contribution in [2.75, 3.05) is 6.54 Å². The van der Waals surface area contributed by atoms with Crippen molar-refractivity contribution in [2.45, 2.75) is 64.5 Å². The summed E-state index contributed by atoms with van der Waals surface area (Å²) in [4.78, 5) is 0. The highest BCUT2D eigenvalue weighted by atomic mass is 35.5. The van der Waals surface area contributed by atoms with Crippen molar-refractivity contribution in [3.63, 3.8) is 0 Å². The van der Waals surface area contributed by atoms with E-state index in [1.807, 2.05) is 0 Å². The Kier molecular flexibility index (Phi) is 4.02. The van der Waals surface area contributed by atoms with Crippen LogP contribution < -0.4 is 5.32 Å². The molecule has 1 aliphatic rings. The summed E-state index contributed by atoms with van der Waals surface area (Å²) in [6, 6.07) is 1.12. The maximum atomic E-state index is 6.32. The summed E-state index contributed by atoms with van der Waals surface area (Å²) in [5, 5.41) is 8.76. The van der Waals surface area contributed by atoms with Crippen molar-refractivity contribution >= 4 is 11.6 Å². The molecule has 18 heavy (non-hydrogen) atoms. The number of hydrogen-bond acceptors (Lipinski definition) is 2. The van der Waals surface area contributed by atoms with Gasteiger partial charge in [-0.15, -0.1) is 0 Å². The molecule has 0 aromatic carbocycles. The monoisotopic (exact) mass is 269 g/mol. The molecule has 0 bridgehead atoms. The van der Waals surface area contributed by atoms with Gasteiger partial charge in [0.1, 0.15) is 0 Å². The van der Waals surface area contributed by atoms with Gasteiger partial charge in [0.15, 0.2) is 0 Å². The van der Waals surface area contributed by atoms with E-state index in [0.717, 1.165) is 29.7 Å². The third-order valence-corrected chi connectivity index (χ3v) is 3.92. The lowest BCUT2D eigenvalue weighted by molar-refractivity contribution is 0.393. The molecule has 1 fully saturated rings. The SMILES string of the molecule is CC(C)n1ncc(Cl)c1C(C)(C)CCNC1CC1. The molecule has 1 saturated carbocycles. The van der Waals surface area contributed by atoms with Gasteiger partial charge in [0.25, 0.3) is 0 Å². The van der Waals surface area contributed by atoms with Gasteiger partial charge < -0.3 is 5.32 Å². The maximum absolute atomic E-state index is 6.32. The second-order valence-electron chi connectivity index (χ2n) is 6.24. The quantitative estimate of drug-likeness (QED) is 0.856. The molecule has 0 amide bonds. The minimum atomic E-state index is 0.0553. The number of nitrogens with zero attached hydrogens (tertiary/aromatic N) is 2. The predicted octanol–water partition coefficient (Wildman–Crippen LogP) is 3.54. The van der Waals surface area contributed by atoms with Crippen molar-refractivity contribution < 1.29 is 0 Å². The largest absolute Gasteiger partial charge is 0.314 e. The normalized spacial score (nSPS) is 16.6. The smallest absolute Gasteiger partial charge is 0.0823 e. The van der Waals surface area contributed by atoms with Crippen LogP contribution in [0.3, 0.4) is 0 Å². The van der Waals surface area contributed by atoms with Crippen LogP contribution in [0.1, 0.15) is 58.7 Å².